The number of benzene rings is 2. The zero-order valence-corrected chi connectivity index (χ0v) is 15.9. The standard InChI is InChI=1S/C22H24FN3O2/c1-25(20-11-12-26(14-20)21(27)16-5-6-16)22(28)24-19-9-7-15(8-10-19)17-3-2-4-18(23)13-17/h2-4,7-10,13,16,20H,5-6,11-12,14H2,1H3,(H,24,28)/t20-/m0/s1. The molecule has 1 saturated heterocycles. The van der Waals surface area contributed by atoms with Crippen LogP contribution in [0.4, 0.5) is 14.9 Å². The molecule has 1 saturated carbocycles. The third-order valence-corrected chi connectivity index (χ3v) is 5.56. The van der Waals surface area contributed by atoms with Crippen LogP contribution in [0, 0.1) is 11.7 Å². The fraction of sp³-hybridized carbons (Fsp3) is 0.364. The number of urea groups is 1. The molecule has 3 amide bonds. The van der Waals surface area contributed by atoms with E-state index in [-0.39, 0.29) is 29.7 Å². The van der Waals surface area contributed by atoms with Crippen molar-refractivity contribution < 1.29 is 14.0 Å². The largest absolute Gasteiger partial charge is 0.340 e. The smallest absolute Gasteiger partial charge is 0.321 e. The van der Waals surface area contributed by atoms with Crippen molar-refractivity contribution in [1.82, 2.24) is 9.80 Å². The molecular weight excluding hydrogens is 357 g/mol. The van der Waals surface area contributed by atoms with Gasteiger partial charge in [-0.05, 0) is 54.7 Å². The van der Waals surface area contributed by atoms with E-state index in [1.165, 1.54) is 12.1 Å². The number of likely N-dealkylation sites (tertiary alicyclic amines) is 1. The Morgan fingerprint density at radius 1 is 1.07 bits per heavy atom. The Labute approximate surface area is 164 Å². The lowest BCUT2D eigenvalue weighted by atomic mass is 10.1. The molecule has 2 aromatic rings. The lowest BCUT2D eigenvalue weighted by Crippen LogP contribution is -2.42. The molecule has 0 bridgehead atoms. The molecule has 1 N–H and O–H groups in total. The van der Waals surface area contributed by atoms with Gasteiger partial charge in [-0.3, -0.25) is 4.79 Å². The van der Waals surface area contributed by atoms with Crippen LogP contribution >= 0.6 is 0 Å². The zero-order valence-electron chi connectivity index (χ0n) is 15.9. The lowest BCUT2D eigenvalue weighted by molar-refractivity contribution is -0.131. The molecule has 1 aliphatic carbocycles. The molecule has 4 rings (SSSR count). The molecule has 0 aromatic heterocycles. The molecule has 2 fully saturated rings. The van der Waals surface area contributed by atoms with Crippen molar-refractivity contribution in [3.63, 3.8) is 0 Å². The van der Waals surface area contributed by atoms with Gasteiger partial charge in [0.15, 0.2) is 0 Å². The van der Waals surface area contributed by atoms with Gasteiger partial charge in [0.05, 0.1) is 6.04 Å². The maximum Gasteiger partial charge on any atom is 0.321 e. The molecule has 1 atom stereocenters. The Balaban J connectivity index is 1.34. The zero-order chi connectivity index (χ0) is 19.7. The number of halogens is 1. The van der Waals surface area contributed by atoms with Crippen LogP contribution in [0.5, 0.6) is 0 Å². The minimum atomic E-state index is -0.276. The minimum absolute atomic E-state index is 0.0364. The summed E-state index contributed by atoms with van der Waals surface area (Å²) in [6, 6.07) is 13.6. The number of carbonyl (C=O) groups is 2. The number of rotatable bonds is 4. The van der Waals surface area contributed by atoms with Crippen LogP contribution in [0.15, 0.2) is 48.5 Å². The van der Waals surface area contributed by atoms with Crippen molar-refractivity contribution in [1.29, 1.82) is 0 Å². The Bertz CT molecular complexity index is 880. The Morgan fingerprint density at radius 3 is 2.50 bits per heavy atom. The van der Waals surface area contributed by atoms with Gasteiger partial charge >= 0.3 is 6.03 Å². The maximum atomic E-state index is 13.4. The highest BCUT2D eigenvalue weighted by Gasteiger charge is 2.38. The quantitative estimate of drug-likeness (QED) is 0.871. The first-order valence-electron chi connectivity index (χ1n) is 9.70. The number of amides is 3. The Morgan fingerprint density at radius 2 is 1.82 bits per heavy atom. The van der Waals surface area contributed by atoms with Crippen LogP contribution in [-0.4, -0.2) is 47.9 Å². The summed E-state index contributed by atoms with van der Waals surface area (Å²) in [5.41, 5.74) is 2.36. The molecule has 0 radical (unpaired) electrons. The predicted molar refractivity (Wildman–Crippen MR) is 106 cm³/mol. The number of nitrogens with one attached hydrogen (secondary N) is 1. The van der Waals surface area contributed by atoms with E-state index in [0.717, 1.165) is 36.9 Å². The molecule has 2 aliphatic rings. The predicted octanol–water partition coefficient (Wildman–Crippen LogP) is 3.97. The molecule has 0 spiro atoms. The van der Waals surface area contributed by atoms with Gasteiger partial charge in [-0.25, -0.2) is 9.18 Å². The van der Waals surface area contributed by atoms with Crippen LogP contribution in [0.25, 0.3) is 11.1 Å². The van der Waals surface area contributed by atoms with Crippen LogP contribution in [0.3, 0.4) is 0 Å². The fourth-order valence-corrected chi connectivity index (χ4v) is 3.64. The monoisotopic (exact) mass is 381 g/mol. The Hall–Kier alpha value is -2.89. The molecule has 6 heteroatoms. The van der Waals surface area contributed by atoms with Gasteiger partial charge < -0.3 is 15.1 Å². The van der Waals surface area contributed by atoms with Gasteiger partial charge in [-0.2, -0.15) is 0 Å². The number of hydrogen-bond donors (Lipinski definition) is 1. The van der Waals surface area contributed by atoms with Crippen molar-refractivity contribution in [2.75, 3.05) is 25.5 Å². The molecule has 146 valence electrons. The van der Waals surface area contributed by atoms with E-state index in [2.05, 4.69) is 5.32 Å². The van der Waals surface area contributed by atoms with Crippen LogP contribution in [-0.2, 0) is 4.79 Å². The van der Waals surface area contributed by atoms with Crippen molar-refractivity contribution >= 4 is 17.6 Å². The van der Waals surface area contributed by atoms with Gasteiger partial charge in [-0.1, -0.05) is 24.3 Å². The number of nitrogens with zero attached hydrogens (tertiary/aromatic N) is 2. The second-order valence-corrected chi connectivity index (χ2v) is 7.63. The van der Waals surface area contributed by atoms with Gasteiger partial charge in [0.25, 0.3) is 0 Å². The first-order valence-corrected chi connectivity index (χ1v) is 9.70. The van der Waals surface area contributed by atoms with Crippen molar-refractivity contribution in [3.05, 3.63) is 54.3 Å². The van der Waals surface area contributed by atoms with E-state index in [9.17, 15) is 14.0 Å². The van der Waals surface area contributed by atoms with E-state index in [1.807, 2.05) is 35.2 Å². The van der Waals surface area contributed by atoms with Crippen LogP contribution in [0.2, 0.25) is 0 Å². The Kier molecular flexibility index (Phi) is 5.03. The minimum Gasteiger partial charge on any atom is -0.340 e. The summed E-state index contributed by atoms with van der Waals surface area (Å²) in [4.78, 5) is 28.3. The summed E-state index contributed by atoms with van der Waals surface area (Å²) >= 11 is 0. The third kappa shape index (κ3) is 4.01. The van der Waals surface area contributed by atoms with E-state index in [4.69, 9.17) is 0 Å². The number of hydrogen-bond acceptors (Lipinski definition) is 2. The summed E-state index contributed by atoms with van der Waals surface area (Å²) in [5, 5.41) is 2.90. The topological polar surface area (TPSA) is 52.7 Å². The molecule has 28 heavy (non-hydrogen) atoms. The van der Waals surface area contributed by atoms with Gasteiger partial charge in [0.1, 0.15) is 5.82 Å². The summed E-state index contributed by atoms with van der Waals surface area (Å²) in [5.74, 6) is 0.181. The summed E-state index contributed by atoms with van der Waals surface area (Å²) < 4.78 is 13.4. The van der Waals surface area contributed by atoms with Gasteiger partial charge in [0, 0.05) is 31.7 Å². The summed E-state index contributed by atoms with van der Waals surface area (Å²) in [6.07, 6.45) is 2.81. The first-order chi connectivity index (χ1) is 13.5. The molecule has 2 aromatic carbocycles. The highest BCUT2D eigenvalue weighted by atomic mass is 19.1. The molecule has 5 nitrogen and oxygen atoms in total. The first kappa shape index (κ1) is 18.5. The van der Waals surface area contributed by atoms with Crippen LogP contribution in [0.1, 0.15) is 19.3 Å². The highest BCUT2D eigenvalue weighted by Crippen LogP contribution is 2.32. The van der Waals surface area contributed by atoms with E-state index >= 15 is 0 Å². The summed E-state index contributed by atoms with van der Waals surface area (Å²) in [6.45, 7) is 1.33. The maximum absolute atomic E-state index is 13.4. The second-order valence-electron chi connectivity index (χ2n) is 7.63. The normalized spacial score (nSPS) is 18.8. The van der Waals surface area contributed by atoms with Crippen molar-refractivity contribution in [2.45, 2.75) is 25.3 Å². The van der Waals surface area contributed by atoms with Crippen molar-refractivity contribution in [2.24, 2.45) is 5.92 Å². The second kappa shape index (κ2) is 7.62. The van der Waals surface area contributed by atoms with Crippen molar-refractivity contribution in [3.8, 4) is 11.1 Å². The number of carbonyl (C=O) groups excluding carboxylic acids is 2. The van der Waals surface area contributed by atoms with Gasteiger partial charge in [0.2, 0.25) is 5.91 Å². The molecule has 1 heterocycles. The average Bonchev–Trinajstić information content (AvgIpc) is 3.44. The molecule has 0 unspecified atom stereocenters. The molecular formula is C22H24FN3O2. The average molecular weight is 381 g/mol. The van der Waals surface area contributed by atoms with Gasteiger partial charge in [-0.15, -0.1) is 0 Å². The SMILES string of the molecule is CN(C(=O)Nc1ccc(-c2cccc(F)c2)cc1)[C@H]1CCN(C(=O)C2CC2)C1. The van der Waals surface area contributed by atoms with Crippen LogP contribution < -0.4 is 5.32 Å². The fourth-order valence-electron chi connectivity index (χ4n) is 3.64. The third-order valence-electron chi connectivity index (χ3n) is 5.56. The highest BCUT2D eigenvalue weighted by molar-refractivity contribution is 5.90. The molecule has 1 aliphatic heterocycles. The number of likely N-dealkylation sites (N-methyl/N-ethyl adjacent to an activating group) is 1. The van der Waals surface area contributed by atoms with E-state index in [0.29, 0.717) is 12.2 Å². The van der Waals surface area contributed by atoms with E-state index in [1.54, 1.807) is 18.0 Å². The van der Waals surface area contributed by atoms with E-state index < -0.39 is 0 Å². The number of anilines is 1. The summed E-state index contributed by atoms with van der Waals surface area (Å²) in [7, 11) is 1.77. The lowest BCUT2D eigenvalue weighted by Gasteiger charge is -2.25.